The number of pyridine rings is 1. The molecule has 0 spiro atoms. The highest BCUT2D eigenvalue weighted by atomic mass is 32.2. The van der Waals surface area contributed by atoms with Gasteiger partial charge in [-0.2, -0.15) is 4.31 Å². The first-order chi connectivity index (χ1) is 16.3. The van der Waals surface area contributed by atoms with Crippen molar-refractivity contribution in [1.29, 1.82) is 0 Å². The normalized spacial score (nSPS) is 19.9. The van der Waals surface area contributed by atoms with Crippen molar-refractivity contribution in [2.45, 2.75) is 17.9 Å². The van der Waals surface area contributed by atoms with E-state index in [1.54, 1.807) is 17.0 Å². The van der Waals surface area contributed by atoms with Gasteiger partial charge in [0.1, 0.15) is 11.8 Å². The van der Waals surface area contributed by atoms with E-state index in [4.69, 9.17) is 4.74 Å². The molecule has 1 atom stereocenters. The fourth-order valence-electron chi connectivity index (χ4n) is 4.28. The van der Waals surface area contributed by atoms with E-state index in [-0.39, 0.29) is 48.0 Å². The van der Waals surface area contributed by atoms with Gasteiger partial charge in [-0.25, -0.2) is 13.4 Å². The molecule has 4 heterocycles. The van der Waals surface area contributed by atoms with Crippen molar-refractivity contribution in [3.05, 3.63) is 65.6 Å². The summed E-state index contributed by atoms with van der Waals surface area (Å²) in [6, 6.07) is 11.8. The molecule has 2 fully saturated rings. The molecule has 2 saturated heterocycles. The number of aryl methyl sites for hydroxylation is 1. The maximum Gasteiger partial charge on any atom is 0.254 e. The molecule has 34 heavy (non-hydrogen) atoms. The number of carbonyl (C=O) groups is 2. The lowest BCUT2D eigenvalue weighted by molar-refractivity contribution is -0.122. The SMILES string of the molecule is Cc1cccc2nc(C3CN(C(=O)c4cccc(S(=O)(=O)N5CCNC(=O)C5)c4)CCO3)cn12. The number of hydrogen-bond acceptors (Lipinski definition) is 6. The topological polar surface area (TPSA) is 113 Å². The average Bonchev–Trinajstić information content (AvgIpc) is 3.30. The Balaban J connectivity index is 1.36. The van der Waals surface area contributed by atoms with Crippen molar-refractivity contribution in [2.75, 3.05) is 39.3 Å². The molecule has 1 unspecified atom stereocenters. The van der Waals surface area contributed by atoms with Crippen LogP contribution in [0.5, 0.6) is 0 Å². The van der Waals surface area contributed by atoms with Crippen molar-refractivity contribution in [3.63, 3.8) is 0 Å². The number of piperazine rings is 1. The van der Waals surface area contributed by atoms with E-state index in [1.165, 1.54) is 12.1 Å². The number of rotatable bonds is 4. The summed E-state index contributed by atoms with van der Waals surface area (Å²) in [4.78, 5) is 31.2. The first-order valence-electron chi connectivity index (χ1n) is 11.1. The number of nitrogens with zero attached hydrogens (tertiary/aromatic N) is 4. The molecule has 2 aromatic heterocycles. The Hall–Kier alpha value is -3.28. The first-order valence-corrected chi connectivity index (χ1v) is 12.5. The molecular formula is C23H25N5O5S. The number of benzene rings is 1. The smallest absolute Gasteiger partial charge is 0.254 e. The summed E-state index contributed by atoms with van der Waals surface area (Å²) in [7, 11) is -3.89. The molecule has 0 bridgehead atoms. The van der Waals surface area contributed by atoms with E-state index < -0.39 is 10.0 Å². The van der Waals surface area contributed by atoms with Crippen LogP contribution >= 0.6 is 0 Å². The molecule has 2 aliphatic heterocycles. The number of fused-ring (bicyclic) bond motifs is 1. The van der Waals surface area contributed by atoms with Crippen molar-refractivity contribution in [2.24, 2.45) is 0 Å². The van der Waals surface area contributed by atoms with Gasteiger partial charge in [-0.3, -0.25) is 9.59 Å². The van der Waals surface area contributed by atoms with Gasteiger partial charge in [-0.1, -0.05) is 12.1 Å². The average molecular weight is 484 g/mol. The molecule has 2 amide bonds. The third kappa shape index (κ3) is 4.17. The predicted molar refractivity (Wildman–Crippen MR) is 123 cm³/mol. The maximum atomic E-state index is 13.3. The van der Waals surface area contributed by atoms with Gasteiger partial charge in [0, 0.05) is 37.1 Å². The van der Waals surface area contributed by atoms with Crippen LogP contribution in [0.25, 0.3) is 5.65 Å². The first kappa shape index (κ1) is 22.5. The van der Waals surface area contributed by atoms with Gasteiger partial charge in [0.05, 0.1) is 30.3 Å². The second-order valence-corrected chi connectivity index (χ2v) is 10.3. The summed E-state index contributed by atoms with van der Waals surface area (Å²) in [6.07, 6.45) is 1.54. The Labute approximate surface area is 197 Å². The molecule has 1 aromatic carbocycles. The van der Waals surface area contributed by atoms with Crippen LogP contribution in [-0.4, -0.2) is 78.2 Å². The summed E-state index contributed by atoms with van der Waals surface area (Å²) >= 11 is 0. The van der Waals surface area contributed by atoms with Gasteiger partial charge in [-0.15, -0.1) is 0 Å². The van der Waals surface area contributed by atoms with Crippen molar-refractivity contribution in [3.8, 4) is 0 Å². The van der Waals surface area contributed by atoms with E-state index in [0.29, 0.717) is 19.7 Å². The van der Waals surface area contributed by atoms with Crippen molar-refractivity contribution >= 4 is 27.5 Å². The number of hydrogen-bond donors (Lipinski definition) is 1. The summed E-state index contributed by atoms with van der Waals surface area (Å²) in [5.74, 6) is -0.620. The number of ether oxygens (including phenoxy) is 1. The second kappa shape index (κ2) is 8.82. The lowest BCUT2D eigenvalue weighted by Crippen LogP contribution is -2.49. The molecule has 11 heteroatoms. The highest BCUT2D eigenvalue weighted by Crippen LogP contribution is 2.25. The third-order valence-corrected chi connectivity index (χ3v) is 7.96. The van der Waals surface area contributed by atoms with Gasteiger partial charge in [0.25, 0.3) is 5.91 Å². The van der Waals surface area contributed by atoms with Crippen LogP contribution in [0.4, 0.5) is 0 Å². The quantitative estimate of drug-likeness (QED) is 0.592. The van der Waals surface area contributed by atoms with Gasteiger partial charge in [0.2, 0.25) is 15.9 Å². The Kier molecular flexibility index (Phi) is 5.84. The number of imidazole rings is 1. The van der Waals surface area contributed by atoms with Crippen LogP contribution in [0.1, 0.15) is 27.8 Å². The standard InChI is InChI=1S/C23H25N5O5S/c1-16-4-2-7-21-25-19(13-28(16)21)20-14-26(10-11-33-20)23(30)17-5-3-6-18(12-17)34(31,32)27-9-8-24-22(29)15-27/h2-7,12-13,20H,8-11,14-15H2,1H3,(H,24,29). The van der Waals surface area contributed by atoms with Crippen LogP contribution in [0.3, 0.4) is 0 Å². The Morgan fingerprint density at radius 1 is 1.18 bits per heavy atom. The van der Waals surface area contributed by atoms with Gasteiger partial charge >= 0.3 is 0 Å². The number of aromatic nitrogens is 2. The van der Waals surface area contributed by atoms with Gasteiger partial charge in [0.15, 0.2) is 0 Å². The number of carbonyl (C=O) groups excluding carboxylic acids is 2. The molecule has 5 rings (SSSR count). The Morgan fingerprint density at radius 3 is 2.79 bits per heavy atom. The fourth-order valence-corrected chi connectivity index (χ4v) is 5.72. The summed E-state index contributed by atoms with van der Waals surface area (Å²) in [5.41, 5.74) is 2.87. The molecule has 3 aromatic rings. The van der Waals surface area contributed by atoms with E-state index in [2.05, 4.69) is 10.3 Å². The Morgan fingerprint density at radius 2 is 2.00 bits per heavy atom. The van der Waals surface area contributed by atoms with Crippen LogP contribution in [0.2, 0.25) is 0 Å². The molecule has 10 nitrogen and oxygen atoms in total. The van der Waals surface area contributed by atoms with E-state index in [9.17, 15) is 18.0 Å². The molecule has 178 valence electrons. The molecule has 1 N–H and O–H groups in total. The summed E-state index contributed by atoms with van der Waals surface area (Å²) < 4.78 is 35.1. The minimum atomic E-state index is -3.89. The van der Waals surface area contributed by atoms with Gasteiger partial charge in [-0.05, 0) is 37.3 Å². The van der Waals surface area contributed by atoms with Crippen LogP contribution in [0, 0.1) is 6.92 Å². The number of amides is 2. The van der Waals surface area contributed by atoms with E-state index in [1.807, 2.05) is 35.7 Å². The molecule has 2 aliphatic rings. The fraction of sp³-hybridized carbons (Fsp3) is 0.348. The molecule has 0 saturated carbocycles. The van der Waals surface area contributed by atoms with Crippen molar-refractivity contribution in [1.82, 2.24) is 23.9 Å². The maximum absolute atomic E-state index is 13.3. The summed E-state index contributed by atoms with van der Waals surface area (Å²) in [6.45, 7) is 3.27. The zero-order chi connectivity index (χ0) is 23.9. The highest BCUT2D eigenvalue weighted by molar-refractivity contribution is 7.89. The highest BCUT2D eigenvalue weighted by Gasteiger charge is 2.31. The Bertz CT molecular complexity index is 1370. The van der Waals surface area contributed by atoms with E-state index in [0.717, 1.165) is 21.3 Å². The minimum Gasteiger partial charge on any atom is -0.368 e. The van der Waals surface area contributed by atoms with Crippen LogP contribution in [0.15, 0.2) is 53.6 Å². The van der Waals surface area contributed by atoms with Crippen LogP contribution < -0.4 is 5.32 Å². The van der Waals surface area contributed by atoms with Gasteiger partial charge < -0.3 is 19.4 Å². The van der Waals surface area contributed by atoms with E-state index >= 15 is 0 Å². The number of sulfonamides is 1. The number of morpholine rings is 1. The largest absolute Gasteiger partial charge is 0.368 e. The zero-order valence-corrected chi connectivity index (χ0v) is 19.5. The molecule has 0 radical (unpaired) electrons. The second-order valence-electron chi connectivity index (χ2n) is 8.39. The predicted octanol–water partition coefficient (Wildman–Crippen LogP) is 0.977. The molecule has 0 aliphatic carbocycles. The summed E-state index contributed by atoms with van der Waals surface area (Å²) in [5, 5.41) is 2.61. The van der Waals surface area contributed by atoms with Crippen LogP contribution in [-0.2, 0) is 19.6 Å². The lowest BCUT2D eigenvalue weighted by Gasteiger charge is -2.32. The monoisotopic (exact) mass is 483 g/mol. The van der Waals surface area contributed by atoms with Crippen molar-refractivity contribution < 1.29 is 22.7 Å². The zero-order valence-electron chi connectivity index (χ0n) is 18.7. The molecular weight excluding hydrogens is 458 g/mol. The number of nitrogens with one attached hydrogen (secondary N) is 1. The third-order valence-electron chi connectivity index (χ3n) is 6.12. The minimum absolute atomic E-state index is 0.00585. The lowest BCUT2D eigenvalue weighted by atomic mass is 10.1.